The zero-order chi connectivity index (χ0) is 24.2. The van der Waals surface area contributed by atoms with Crippen LogP contribution in [0.1, 0.15) is 57.5 Å². The third-order valence-electron chi connectivity index (χ3n) is 5.86. The van der Waals surface area contributed by atoms with E-state index in [1.54, 1.807) is 17.7 Å². The summed E-state index contributed by atoms with van der Waals surface area (Å²) in [5.41, 5.74) is 1.94. The van der Waals surface area contributed by atoms with Crippen LogP contribution in [-0.2, 0) is 12.7 Å². The van der Waals surface area contributed by atoms with E-state index in [2.05, 4.69) is 20.5 Å². The van der Waals surface area contributed by atoms with Crippen LogP contribution in [0.25, 0.3) is 5.65 Å². The number of hydrogen-bond donors (Lipinski definition) is 1. The highest BCUT2D eigenvalue weighted by Crippen LogP contribution is 2.41. The molecule has 11 heteroatoms. The number of rotatable bonds is 5. The maximum Gasteiger partial charge on any atom is 0.433 e. The van der Waals surface area contributed by atoms with Gasteiger partial charge < -0.3 is 5.32 Å². The standard InChI is InChI=1S/C23H20ClF3N6O/c1-12-20(13(2)32(31-12)11-14-4-3-5-16(24)8-14)30-22(34)17-10-28-33-19(23(25,26)27)9-18(15-6-7-15)29-21(17)33/h3-5,8-10,15H,6-7,11H2,1-2H3,(H,30,34). The molecular formula is C23H20ClF3N6O. The average Bonchev–Trinajstić information content (AvgIpc) is 3.48. The number of aromatic nitrogens is 5. The quantitative estimate of drug-likeness (QED) is 0.408. The van der Waals surface area contributed by atoms with Crippen LogP contribution in [-0.4, -0.2) is 30.3 Å². The Balaban J connectivity index is 1.48. The molecule has 0 atom stereocenters. The summed E-state index contributed by atoms with van der Waals surface area (Å²) in [6.45, 7) is 4.00. The molecule has 1 aliphatic rings. The summed E-state index contributed by atoms with van der Waals surface area (Å²) in [6, 6.07) is 8.39. The highest BCUT2D eigenvalue weighted by atomic mass is 35.5. The average molecular weight is 489 g/mol. The van der Waals surface area contributed by atoms with Gasteiger partial charge in [-0.1, -0.05) is 23.7 Å². The number of anilines is 1. The lowest BCUT2D eigenvalue weighted by atomic mass is 10.2. The minimum atomic E-state index is -4.63. The normalized spacial score (nSPS) is 14.1. The number of nitrogens with zero attached hydrogens (tertiary/aromatic N) is 5. The van der Waals surface area contributed by atoms with Crippen molar-refractivity contribution in [2.45, 2.75) is 45.3 Å². The number of alkyl halides is 3. The molecule has 1 saturated carbocycles. The molecule has 0 aliphatic heterocycles. The molecule has 0 radical (unpaired) electrons. The molecule has 0 unspecified atom stereocenters. The largest absolute Gasteiger partial charge is 0.433 e. The Morgan fingerprint density at radius 2 is 2.00 bits per heavy atom. The molecular weight excluding hydrogens is 469 g/mol. The molecule has 176 valence electrons. The molecule has 1 amide bonds. The molecule has 3 heterocycles. The third kappa shape index (κ3) is 4.13. The van der Waals surface area contributed by atoms with Gasteiger partial charge in [0.15, 0.2) is 5.65 Å². The molecule has 0 saturated heterocycles. The fraction of sp³-hybridized carbons (Fsp3) is 0.304. The number of carbonyl (C=O) groups excluding carboxylic acids is 1. The fourth-order valence-electron chi connectivity index (χ4n) is 3.95. The predicted molar refractivity (Wildman–Crippen MR) is 120 cm³/mol. The highest BCUT2D eigenvalue weighted by molar-refractivity contribution is 6.30. The van der Waals surface area contributed by atoms with Gasteiger partial charge in [0.25, 0.3) is 5.91 Å². The van der Waals surface area contributed by atoms with Crippen molar-refractivity contribution in [2.24, 2.45) is 0 Å². The van der Waals surface area contributed by atoms with Crippen molar-refractivity contribution in [3.63, 3.8) is 0 Å². The number of nitrogens with one attached hydrogen (secondary N) is 1. The van der Waals surface area contributed by atoms with Gasteiger partial charge in [0.05, 0.1) is 29.8 Å². The van der Waals surface area contributed by atoms with E-state index >= 15 is 0 Å². The Morgan fingerprint density at radius 3 is 2.68 bits per heavy atom. The van der Waals surface area contributed by atoms with Crippen LogP contribution in [0.15, 0.2) is 36.5 Å². The monoisotopic (exact) mass is 488 g/mol. The zero-order valence-electron chi connectivity index (χ0n) is 18.3. The van der Waals surface area contributed by atoms with Gasteiger partial charge in [-0.05, 0) is 50.5 Å². The van der Waals surface area contributed by atoms with Crippen LogP contribution < -0.4 is 5.32 Å². The molecule has 1 aromatic carbocycles. The molecule has 34 heavy (non-hydrogen) atoms. The predicted octanol–water partition coefficient (Wildman–Crippen LogP) is 5.39. The molecule has 5 rings (SSSR count). The number of amides is 1. The molecule has 0 spiro atoms. The fourth-order valence-corrected chi connectivity index (χ4v) is 4.17. The number of aryl methyl sites for hydroxylation is 1. The molecule has 1 N–H and O–H groups in total. The van der Waals surface area contributed by atoms with Gasteiger partial charge in [0, 0.05) is 16.6 Å². The van der Waals surface area contributed by atoms with Crippen LogP contribution >= 0.6 is 11.6 Å². The summed E-state index contributed by atoms with van der Waals surface area (Å²) in [7, 11) is 0. The summed E-state index contributed by atoms with van der Waals surface area (Å²) >= 11 is 6.06. The van der Waals surface area contributed by atoms with Gasteiger partial charge in [0.1, 0.15) is 11.3 Å². The van der Waals surface area contributed by atoms with Gasteiger partial charge in [0.2, 0.25) is 0 Å². The lowest BCUT2D eigenvalue weighted by molar-refractivity contribution is -0.142. The van der Waals surface area contributed by atoms with Gasteiger partial charge in [-0.3, -0.25) is 9.48 Å². The number of fused-ring (bicyclic) bond motifs is 1. The first-order valence-corrected chi connectivity index (χ1v) is 11.1. The van der Waals surface area contributed by atoms with E-state index in [0.29, 0.717) is 38.9 Å². The van der Waals surface area contributed by atoms with Crippen molar-refractivity contribution < 1.29 is 18.0 Å². The second-order valence-electron chi connectivity index (χ2n) is 8.42. The van der Waals surface area contributed by atoms with Crippen LogP contribution in [0.5, 0.6) is 0 Å². The molecule has 4 aromatic rings. The number of carbonyl (C=O) groups is 1. The van der Waals surface area contributed by atoms with E-state index in [9.17, 15) is 18.0 Å². The number of hydrogen-bond acceptors (Lipinski definition) is 4. The zero-order valence-corrected chi connectivity index (χ0v) is 19.1. The van der Waals surface area contributed by atoms with Crippen LogP contribution in [0, 0.1) is 13.8 Å². The van der Waals surface area contributed by atoms with Crippen LogP contribution in [0.4, 0.5) is 18.9 Å². The smallest absolute Gasteiger partial charge is 0.319 e. The lowest BCUT2D eigenvalue weighted by Crippen LogP contribution is -2.16. The van der Waals surface area contributed by atoms with Gasteiger partial charge >= 0.3 is 6.18 Å². The maximum atomic E-state index is 13.6. The van der Waals surface area contributed by atoms with Gasteiger partial charge in [-0.2, -0.15) is 23.4 Å². The summed E-state index contributed by atoms with van der Waals surface area (Å²) in [6.07, 6.45) is -1.95. The van der Waals surface area contributed by atoms with Crippen molar-refractivity contribution in [1.29, 1.82) is 0 Å². The van der Waals surface area contributed by atoms with Crippen LogP contribution in [0.3, 0.4) is 0 Å². The Morgan fingerprint density at radius 1 is 1.24 bits per heavy atom. The minimum Gasteiger partial charge on any atom is -0.319 e. The van der Waals surface area contributed by atoms with E-state index in [-0.39, 0.29) is 17.1 Å². The van der Waals surface area contributed by atoms with Crippen molar-refractivity contribution in [1.82, 2.24) is 24.4 Å². The Bertz CT molecular complexity index is 1420. The first-order chi connectivity index (χ1) is 16.1. The maximum absolute atomic E-state index is 13.6. The molecule has 1 fully saturated rings. The van der Waals surface area contributed by atoms with Gasteiger partial charge in [-0.25, -0.2) is 9.50 Å². The second-order valence-corrected chi connectivity index (χ2v) is 8.86. The molecule has 3 aromatic heterocycles. The SMILES string of the molecule is Cc1nn(Cc2cccc(Cl)c2)c(C)c1NC(=O)c1cnn2c(C(F)(F)F)cc(C3CC3)nc12. The minimum absolute atomic E-state index is 0.0221. The molecule has 0 bridgehead atoms. The van der Waals surface area contributed by atoms with Crippen molar-refractivity contribution in [3.8, 4) is 0 Å². The van der Waals surface area contributed by atoms with Gasteiger partial charge in [-0.15, -0.1) is 0 Å². The van der Waals surface area contributed by atoms with E-state index in [0.717, 1.165) is 30.7 Å². The van der Waals surface area contributed by atoms with Crippen LogP contribution in [0.2, 0.25) is 5.02 Å². The van der Waals surface area contributed by atoms with E-state index in [4.69, 9.17) is 11.6 Å². The summed E-state index contributed by atoms with van der Waals surface area (Å²) in [5.74, 6) is -0.622. The van der Waals surface area contributed by atoms with E-state index in [1.165, 1.54) is 0 Å². The van der Waals surface area contributed by atoms with Crippen molar-refractivity contribution >= 4 is 28.8 Å². The van der Waals surface area contributed by atoms with E-state index < -0.39 is 17.8 Å². The van der Waals surface area contributed by atoms with Crippen molar-refractivity contribution in [2.75, 3.05) is 5.32 Å². The Hall–Kier alpha value is -3.40. The first-order valence-electron chi connectivity index (χ1n) is 10.7. The second kappa shape index (κ2) is 8.12. The molecule has 7 nitrogen and oxygen atoms in total. The Labute approximate surface area is 197 Å². The summed E-state index contributed by atoms with van der Waals surface area (Å²) < 4.78 is 43.3. The Kier molecular flexibility index (Phi) is 5.35. The number of halogens is 4. The highest BCUT2D eigenvalue weighted by Gasteiger charge is 2.38. The topological polar surface area (TPSA) is 77.1 Å². The van der Waals surface area contributed by atoms with Crippen molar-refractivity contribution in [3.05, 3.63) is 75.5 Å². The first kappa shape index (κ1) is 22.4. The summed E-state index contributed by atoms with van der Waals surface area (Å²) in [5, 5.41) is 11.7. The number of benzene rings is 1. The summed E-state index contributed by atoms with van der Waals surface area (Å²) in [4.78, 5) is 17.5. The molecule has 1 aliphatic carbocycles. The lowest BCUT2D eigenvalue weighted by Gasteiger charge is -2.11. The van der Waals surface area contributed by atoms with E-state index in [1.807, 2.05) is 25.1 Å². The third-order valence-corrected chi connectivity index (χ3v) is 6.10.